The molecule has 0 saturated carbocycles. The van der Waals surface area contributed by atoms with Crippen LogP contribution in [-0.4, -0.2) is 21.2 Å². The first-order valence-electron chi connectivity index (χ1n) is 5.51. The van der Waals surface area contributed by atoms with Crippen LogP contribution in [0.15, 0.2) is 42.9 Å². The van der Waals surface area contributed by atoms with Crippen LogP contribution in [0.2, 0.25) is 0 Å². The molecule has 92 valence electrons. The highest BCUT2D eigenvalue weighted by atomic mass is 16.2. The second-order valence-corrected chi connectivity index (χ2v) is 3.71. The molecule has 0 aromatic carbocycles. The molecule has 0 radical (unpaired) electrons. The van der Waals surface area contributed by atoms with Gasteiger partial charge in [0, 0.05) is 18.6 Å². The van der Waals surface area contributed by atoms with Crippen LogP contribution in [0.1, 0.15) is 18.5 Å². The Labute approximate surface area is 104 Å². The van der Waals surface area contributed by atoms with Crippen LogP contribution in [0.4, 0.5) is 10.6 Å². The Balaban J connectivity index is 1.92. The average Bonchev–Trinajstić information content (AvgIpc) is 2.40. The molecule has 0 fully saturated rings. The maximum atomic E-state index is 11.7. The third kappa shape index (κ3) is 3.24. The van der Waals surface area contributed by atoms with Gasteiger partial charge in [0.15, 0.2) is 5.82 Å². The molecule has 1 atom stereocenters. The van der Waals surface area contributed by atoms with Crippen LogP contribution >= 0.6 is 0 Å². The van der Waals surface area contributed by atoms with Crippen molar-refractivity contribution in [3.8, 4) is 0 Å². The SMILES string of the molecule is CC(NC(=O)Nc1cccnn1)c1ccncc1. The molecule has 2 aromatic heterocycles. The molecule has 2 aromatic rings. The summed E-state index contributed by atoms with van der Waals surface area (Å²) in [7, 11) is 0. The maximum Gasteiger partial charge on any atom is 0.320 e. The fraction of sp³-hybridized carbons (Fsp3) is 0.167. The maximum absolute atomic E-state index is 11.7. The molecule has 2 amide bonds. The van der Waals surface area contributed by atoms with E-state index in [1.54, 1.807) is 30.7 Å². The first kappa shape index (κ1) is 12.0. The van der Waals surface area contributed by atoms with Gasteiger partial charge in [0.25, 0.3) is 0 Å². The number of aromatic nitrogens is 3. The number of carbonyl (C=O) groups is 1. The number of nitrogens with zero attached hydrogens (tertiary/aromatic N) is 3. The zero-order valence-electron chi connectivity index (χ0n) is 9.87. The minimum absolute atomic E-state index is 0.107. The van der Waals surface area contributed by atoms with Crippen LogP contribution in [0.25, 0.3) is 0 Å². The monoisotopic (exact) mass is 243 g/mol. The van der Waals surface area contributed by atoms with E-state index in [-0.39, 0.29) is 12.1 Å². The van der Waals surface area contributed by atoms with E-state index in [1.807, 2.05) is 19.1 Å². The summed E-state index contributed by atoms with van der Waals surface area (Å²) < 4.78 is 0. The predicted octanol–water partition coefficient (Wildman–Crippen LogP) is 1.75. The molecule has 0 bridgehead atoms. The third-order valence-corrected chi connectivity index (χ3v) is 2.37. The summed E-state index contributed by atoms with van der Waals surface area (Å²) in [6, 6.07) is 6.66. The number of hydrogen-bond donors (Lipinski definition) is 2. The Morgan fingerprint density at radius 3 is 2.67 bits per heavy atom. The van der Waals surface area contributed by atoms with E-state index in [0.717, 1.165) is 5.56 Å². The Morgan fingerprint density at radius 1 is 1.22 bits per heavy atom. The van der Waals surface area contributed by atoms with Crippen molar-refractivity contribution in [1.82, 2.24) is 20.5 Å². The molecule has 2 rings (SSSR count). The molecule has 2 heterocycles. The summed E-state index contributed by atoms with van der Waals surface area (Å²) >= 11 is 0. The van der Waals surface area contributed by atoms with Gasteiger partial charge in [0.1, 0.15) is 0 Å². The van der Waals surface area contributed by atoms with E-state index in [1.165, 1.54) is 0 Å². The minimum atomic E-state index is -0.320. The van der Waals surface area contributed by atoms with Crippen molar-refractivity contribution in [2.24, 2.45) is 0 Å². The zero-order chi connectivity index (χ0) is 12.8. The number of amides is 2. The lowest BCUT2D eigenvalue weighted by Gasteiger charge is -2.14. The number of pyridine rings is 1. The first-order valence-corrected chi connectivity index (χ1v) is 5.51. The fourth-order valence-corrected chi connectivity index (χ4v) is 1.45. The number of rotatable bonds is 3. The van der Waals surface area contributed by atoms with Gasteiger partial charge in [-0.3, -0.25) is 10.3 Å². The van der Waals surface area contributed by atoms with E-state index >= 15 is 0 Å². The molecular formula is C12H13N5O. The summed E-state index contributed by atoms with van der Waals surface area (Å²) in [4.78, 5) is 15.6. The van der Waals surface area contributed by atoms with E-state index in [4.69, 9.17) is 0 Å². The molecule has 0 aliphatic heterocycles. The van der Waals surface area contributed by atoms with Crippen LogP contribution in [0.3, 0.4) is 0 Å². The molecule has 1 unspecified atom stereocenters. The lowest BCUT2D eigenvalue weighted by molar-refractivity contribution is 0.249. The highest BCUT2D eigenvalue weighted by Crippen LogP contribution is 2.10. The topological polar surface area (TPSA) is 79.8 Å². The summed E-state index contributed by atoms with van der Waals surface area (Å²) in [6.45, 7) is 1.89. The second kappa shape index (κ2) is 5.72. The highest BCUT2D eigenvalue weighted by Gasteiger charge is 2.09. The van der Waals surface area contributed by atoms with E-state index in [0.29, 0.717) is 5.82 Å². The molecule has 0 spiro atoms. The third-order valence-electron chi connectivity index (χ3n) is 2.37. The molecule has 6 nitrogen and oxygen atoms in total. The average molecular weight is 243 g/mol. The van der Waals surface area contributed by atoms with Crippen LogP contribution < -0.4 is 10.6 Å². The summed E-state index contributed by atoms with van der Waals surface area (Å²) in [5.74, 6) is 0.414. The number of hydrogen-bond acceptors (Lipinski definition) is 4. The van der Waals surface area contributed by atoms with Crippen molar-refractivity contribution in [3.05, 3.63) is 48.4 Å². The van der Waals surface area contributed by atoms with Crippen LogP contribution in [0.5, 0.6) is 0 Å². The molecule has 6 heteroatoms. The van der Waals surface area contributed by atoms with Gasteiger partial charge < -0.3 is 5.32 Å². The summed E-state index contributed by atoms with van der Waals surface area (Å²) in [5, 5.41) is 12.8. The van der Waals surface area contributed by atoms with Gasteiger partial charge in [-0.15, -0.1) is 5.10 Å². The zero-order valence-corrected chi connectivity index (χ0v) is 9.87. The Hall–Kier alpha value is -2.50. The van der Waals surface area contributed by atoms with Crippen LogP contribution in [-0.2, 0) is 0 Å². The number of nitrogens with one attached hydrogen (secondary N) is 2. The molecule has 0 saturated heterocycles. The summed E-state index contributed by atoms with van der Waals surface area (Å²) in [6.07, 6.45) is 4.92. The van der Waals surface area contributed by atoms with Crippen LogP contribution in [0, 0.1) is 0 Å². The van der Waals surface area contributed by atoms with Gasteiger partial charge in [-0.1, -0.05) is 0 Å². The predicted molar refractivity (Wildman–Crippen MR) is 66.8 cm³/mol. The lowest BCUT2D eigenvalue weighted by Crippen LogP contribution is -2.31. The van der Waals surface area contributed by atoms with Gasteiger partial charge in [0.2, 0.25) is 0 Å². The van der Waals surface area contributed by atoms with Crippen molar-refractivity contribution in [1.29, 1.82) is 0 Å². The fourth-order valence-electron chi connectivity index (χ4n) is 1.45. The Morgan fingerprint density at radius 2 is 2.00 bits per heavy atom. The van der Waals surface area contributed by atoms with Gasteiger partial charge in [-0.05, 0) is 36.8 Å². The molecule has 2 N–H and O–H groups in total. The normalized spacial score (nSPS) is 11.6. The van der Waals surface area contributed by atoms with Crippen molar-refractivity contribution >= 4 is 11.8 Å². The van der Waals surface area contributed by atoms with Gasteiger partial charge in [0.05, 0.1) is 6.04 Å². The van der Waals surface area contributed by atoms with E-state index < -0.39 is 0 Å². The standard InChI is InChI=1S/C12H13N5O/c1-9(10-4-7-13-8-5-10)15-12(18)16-11-3-2-6-14-17-11/h2-9H,1H3,(H2,15,16,17,18). The van der Waals surface area contributed by atoms with Gasteiger partial charge in [-0.2, -0.15) is 5.10 Å². The minimum Gasteiger partial charge on any atom is -0.331 e. The number of urea groups is 1. The summed E-state index contributed by atoms with van der Waals surface area (Å²) in [5.41, 5.74) is 0.985. The number of anilines is 1. The van der Waals surface area contributed by atoms with Crippen molar-refractivity contribution < 1.29 is 4.79 Å². The molecule has 0 aliphatic rings. The molecule has 18 heavy (non-hydrogen) atoms. The quantitative estimate of drug-likeness (QED) is 0.860. The first-order chi connectivity index (χ1) is 8.75. The Kier molecular flexibility index (Phi) is 3.80. The molecular weight excluding hydrogens is 230 g/mol. The smallest absolute Gasteiger partial charge is 0.320 e. The second-order valence-electron chi connectivity index (χ2n) is 3.71. The molecule has 0 aliphatic carbocycles. The number of carbonyl (C=O) groups excluding carboxylic acids is 1. The van der Waals surface area contributed by atoms with Crippen molar-refractivity contribution in [2.75, 3.05) is 5.32 Å². The lowest BCUT2D eigenvalue weighted by atomic mass is 10.1. The van der Waals surface area contributed by atoms with E-state index in [9.17, 15) is 4.79 Å². The largest absolute Gasteiger partial charge is 0.331 e. The van der Waals surface area contributed by atoms with E-state index in [2.05, 4.69) is 25.8 Å². The van der Waals surface area contributed by atoms with Crippen molar-refractivity contribution in [3.63, 3.8) is 0 Å². The van der Waals surface area contributed by atoms with Crippen molar-refractivity contribution in [2.45, 2.75) is 13.0 Å². The van der Waals surface area contributed by atoms with Gasteiger partial charge in [-0.25, -0.2) is 4.79 Å². The van der Waals surface area contributed by atoms with Gasteiger partial charge >= 0.3 is 6.03 Å². The Bertz CT molecular complexity index is 502. The highest BCUT2D eigenvalue weighted by molar-refractivity contribution is 5.88.